The quantitative estimate of drug-likeness (QED) is 0.635. The Labute approximate surface area is 187 Å². The zero-order valence-corrected chi connectivity index (χ0v) is 17.9. The average Bonchev–Trinajstić information content (AvgIpc) is 3.57. The van der Waals surface area contributed by atoms with Crippen molar-refractivity contribution in [2.75, 3.05) is 16.8 Å². The number of aromatic nitrogens is 1. The summed E-state index contributed by atoms with van der Waals surface area (Å²) in [5, 5.41) is 3.00. The van der Waals surface area contributed by atoms with Crippen LogP contribution in [0.4, 0.5) is 16.2 Å². The summed E-state index contributed by atoms with van der Waals surface area (Å²) < 4.78 is 0. The molecule has 1 aliphatic heterocycles. The topological polar surface area (TPSA) is 65.5 Å². The molecule has 3 aromatic rings. The number of nitrogens with one attached hydrogen (secondary N) is 1. The molecule has 0 saturated heterocycles. The van der Waals surface area contributed by atoms with Gasteiger partial charge in [-0.1, -0.05) is 36.4 Å². The van der Waals surface area contributed by atoms with Crippen LogP contribution >= 0.6 is 0 Å². The fourth-order valence-electron chi connectivity index (χ4n) is 4.21. The van der Waals surface area contributed by atoms with E-state index in [-0.39, 0.29) is 18.0 Å². The highest BCUT2D eigenvalue weighted by molar-refractivity contribution is 5.97. The van der Waals surface area contributed by atoms with Gasteiger partial charge < -0.3 is 15.1 Å². The Morgan fingerprint density at radius 3 is 2.56 bits per heavy atom. The van der Waals surface area contributed by atoms with Gasteiger partial charge in [0.05, 0.1) is 6.42 Å². The van der Waals surface area contributed by atoms with Gasteiger partial charge in [0.15, 0.2) is 0 Å². The first-order valence-electron chi connectivity index (χ1n) is 11.1. The van der Waals surface area contributed by atoms with Gasteiger partial charge in [-0.3, -0.25) is 9.78 Å². The number of carbonyl (C=O) groups is 2. The van der Waals surface area contributed by atoms with E-state index < -0.39 is 0 Å². The highest BCUT2D eigenvalue weighted by atomic mass is 16.2. The van der Waals surface area contributed by atoms with Crippen LogP contribution in [0.5, 0.6) is 0 Å². The van der Waals surface area contributed by atoms with Crippen molar-refractivity contribution in [3.63, 3.8) is 0 Å². The lowest BCUT2D eigenvalue weighted by Crippen LogP contribution is -2.36. The molecule has 0 atom stereocenters. The number of benzene rings is 2. The maximum Gasteiger partial charge on any atom is 0.322 e. The van der Waals surface area contributed by atoms with Crippen molar-refractivity contribution in [1.29, 1.82) is 0 Å². The van der Waals surface area contributed by atoms with Crippen molar-refractivity contribution < 1.29 is 9.59 Å². The highest BCUT2D eigenvalue weighted by Gasteiger charge is 2.32. The SMILES string of the molecule is O=C(Cc1ccc(NC(=O)N(Cc2cccnc2)C2CC2)cc1)N1CCc2ccccc21. The van der Waals surface area contributed by atoms with Crippen LogP contribution in [0.2, 0.25) is 0 Å². The third kappa shape index (κ3) is 4.49. The molecule has 1 aliphatic carbocycles. The minimum Gasteiger partial charge on any atom is -0.317 e. The molecule has 1 saturated carbocycles. The highest BCUT2D eigenvalue weighted by Crippen LogP contribution is 2.30. The van der Waals surface area contributed by atoms with Crippen LogP contribution in [0.15, 0.2) is 73.1 Å². The van der Waals surface area contributed by atoms with Crippen LogP contribution in [0, 0.1) is 0 Å². The fourth-order valence-corrected chi connectivity index (χ4v) is 4.21. The predicted molar refractivity (Wildman–Crippen MR) is 124 cm³/mol. The Morgan fingerprint density at radius 1 is 1.00 bits per heavy atom. The minimum absolute atomic E-state index is 0.100. The number of anilines is 2. The maximum absolute atomic E-state index is 12.9. The smallest absolute Gasteiger partial charge is 0.317 e. The van der Waals surface area contributed by atoms with Gasteiger partial charge in [-0.05, 0) is 60.2 Å². The van der Waals surface area contributed by atoms with E-state index in [2.05, 4.69) is 16.4 Å². The molecule has 6 nitrogen and oxygen atoms in total. The number of rotatable bonds is 6. The Hall–Kier alpha value is -3.67. The van der Waals surface area contributed by atoms with Crippen molar-refractivity contribution in [1.82, 2.24) is 9.88 Å². The van der Waals surface area contributed by atoms with E-state index in [0.29, 0.717) is 13.0 Å². The van der Waals surface area contributed by atoms with Crippen LogP contribution in [-0.4, -0.2) is 34.4 Å². The molecule has 2 aliphatic rings. The Bertz CT molecular complexity index is 1110. The number of fused-ring (bicyclic) bond motifs is 1. The molecular formula is C26H26N4O2. The van der Waals surface area contributed by atoms with E-state index in [1.807, 2.05) is 64.4 Å². The molecule has 6 heteroatoms. The Kier molecular flexibility index (Phi) is 5.58. The second-order valence-electron chi connectivity index (χ2n) is 8.45. The Morgan fingerprint density at radius 2 is 1.81 bits per heavy atom. The lowest BCUT2D eigenvalue weighted by Gasteiger charge is -2.23. The lowest BCUT2D eigenvalue weighted by atomic mass is 10.1. The van der Waals surface area contributed by atoms with Crippen LogP contribution < -0.4 is 10.2 Å². The van der Waals surface area contributed by atoms with Gasteiger partial charge in [0.2, 0.25) is 5.91 Å². The van der Waals surface area contributed by atoms with Crippen molar-refractivity contribution >= 4 is 23.3 Å². The van der Waals surface area contributed by atoms with E-state index in [9.17, 15) is 9.59 Å². The van der Waals surface area contributed by atoms with Crippen LogP contribution in [0.3, 0.4) is 0 Å². The number of amides is 3. The number of nitrogens with zero attached hydrogens (tertiary/aromatic N) is 3. The van der Waals surface area contributed by atoms with E-state index >= 15 is 0 Å². The number of urea groups is 1. The second-order valence-corrected chi connectivity index (χ2v) is 8.45. The van der Waals surface area contributed by atoms with Crippen molar-refractivity contribution in [2.24, 2.45) is 0 Å². The fraction of sp³-hybridized carbons (Fsp3) is 0.269. The minimum atomic E-state index is -0.103. The monoisotopic (exact) mass is 426 g/mol. The number of pyridine rings is 1. The van der Waals surface area contributed by atoms with E-state index in [4.69, 9.17) is 0 Å². The summed E-state index contributed by atoms with van der Waals surface area (Å²) in [4.78, 5) is 33.6. The standard InChI is InChI=1S/C26H26N4O2/c31-25(29-15-13-21-5-1-2-6-24(21)29)16-19-7-9-22(10-8-19)28-26(32)30(23-11-12-23)18-20-4-3-14-27-17-20/h1-10,14,17,23H,11-13,15-16,18H2,(H,28,32). The first-order chi connectivity index (χ1) is 15.7. The van der Waals surface area contributed by atoms with Crippen molar-refractivity contribution in [2.45, 2.75) is 38.3 Å². The van der Waals surface area contributed by atoms with Crippen LogP contribution in [0.25, 0.3) is 0 Å². The molecule has 2 aromatic carbocycles. The average molecular weight is 427 g/mol. The van der Waals surface area contributed by atoms with Gasteiger partial charge in [-0.15, -0.1) is 0 Å². The number of hydrogen-bond acceptors (Lipinski definition) is 3. The van der Waals surface area contributed by atoms with Gasteiger partial charge in [-0.25, -0.2) is 4.79 Å². The Balaban J connectivity index is 1.20. The summed E-state index contributed by atoms with van der Waals surface area (Å²) in [5.74, 6) is 0.100. The first-order valence-corrected chi connectivity index (χ1v) is 11.1. The van der Waals surface area contributed by atoms with E-state index in [1.54, 1.807) is 12.4 Å². The molecule has 1 fully saturated rings. The molecule has 0 bridgehead atoms. The summed E-state index contributed by atoms with van der Waals surface area (Å²) in [6.07, 6.45) is 6.86. The molecule has 32 heavy (non-hydrogen) atoms. The molecule has 2 heterocycles. The molecule has 1 N–H and O–H groups in total. The van der Waals surface area contributed by atoms with Crippen molar-refractivity contribution in [3.8, 4) is 0 Å². The third-order valence-electron chi connectivity index (χ3n) is 6.07. The number of para-hydroxylation sites is 1. The van der Waals surface area contributed by atoms with Crippen molar-refractivity contribution in [3.05, 3.63) is 89.7 Å². The summed E-state index contributed by atoms with van der Waals surface area (Å²) in [6.45, 7) is 1.29. The lowest BCUT2D eigenvalue weighted by molar-refractivity contribution is -0.117. The third-order valence-corrected chi connectivity index (χ3v) is 6.07. The molecule has 0 spiro atoms. The summed E-state index contributed by atoms with van der Waals surface area (Å²) in [6, 6.07) is 19.7. The maximum atomic E-state index is 12.9. The van der Waals surface area contributed by atoms with E-state index in [1.165, 1.54) is 5.56 Å². The first kappa shape index (κ1) is 20.2. The second kappa shape index (κ2) is 8.83. The summed E-state index contributed by atoms with van der Waals surface area (Å²) in [7, 11) is 0. The molecule has 162 valence electrons. The van der Waals surface area contributed by atoms with Gasteiger partial charge in [-0.2, -0.15) is 0 Å². The normalized spacial score (nSPS) is 14.7. The predicted octanol–water partition coefficient (Wildman–Crippen LogP) is 4.41. The van der Waals surface area contributed by atoms with Gasteiger partial charge in [0.1, 0.15) is 0 Å². The number of hydrogen-bond donors (Lipinski definition) is 1. The summed E-state index contributed by atoms with van der Waals surface area (Å²) >= 11 is 0. The molecular weight excluding hydrogens is 400 g/mol. The molecule has 5 rings (SSSR count). The zero-order chi connectivity index (χ0) is 21.9. The van der Waals surface area contributed by atoms with Crippen LogP contribution in [0.1, 0.15) is 29.5 Å². The molecule has 1 aromatic heterocycles. The van der Waals surface area contributed by atoms with Gasteiger partial charge in [0.25, 0.3) is 0 Å². The largest absolute Gasteiger partial charge is 0.322 e. The molecule has 0 radical (unpaired) electrons. The van der Waals surface area contributed by atoms with E-state index in [0.717, 1.165) is 48.3 Å². The zero-order valence-electron chi connectivity index (χ0n) is 17.9. The van der Waals surface area contributed by atoms with Gasteiger partial charge in [0, 0.05) is 42.9 Å². The van der Waals surface area contributed by atoms with Gasteiger partial charge >= 0.3 is 6.03 Å². The molecule has 3 amide bonds. The van der Waals surface area contributed by atoms with Crippen LogP contribution in [-0.2, 0) is 24.2 Å². The molecule has 0 unspecified atom stereocenters. The number of carbonyl (C=O) groups excluding carboxylic acids is 2. The summed E-state index contributed by atoms with van der Waals surface area (Å²) in [5.41, 5.74) is 4.94.